The van der Waals surface area contributed by atoms with Crippen LogP contribution in [0.4, 0.5) is 0 Å². The average Bonchev–Trinajstić information content (AvgIpc) is 2.37. The van der Waals surface area contributed by atoms with Crippen LogP contribution in [0.3, 0.4) is 0 Å². The van der Waals surface area contributed by atoms with Gasteiger partial charge in [-0.1, -0.05) is 0 Å². The van der Waals surface area contributed by atoms with Gasteiger partial charge >= 0.3 is 5.97 Å². The number of carbonyl (C=O) groups is 1. The third kappa shape index (κ3) is 5.72. The van der Waals surface area contributed by atoms with E-state index in [1.807, 2.05) is 0 Å². The summed E-state index contributed by atoms with van der Waals surface area (Å²) in [5, 5.41) is 8.90. The molecule has 0 amide bonds. The van der Waals surface area contributed by atoms with Crippen molar-refractivity contribution < 1.29 is 24.1 Å². The molecule has 0 saturated heterocycles. The van der Waals surface area contributed by atoms with Gasteiger partial charge < -0.3 is 19.3 Å². The molecule has 0 aliphatic heterocycles. The van der Waals surface area contributed by atoms with Crippen LogP contribution in [-0.4, -0.2) is 44.6 Å². The number of ether oxygens (including phenoxy) is 3. The molecule has 0 atom stereocenters. The molecule has 19 heavy (non-hydrogen) atoms. The molecule has 5 heteroatoms. The first-order chi connectivity index (χ1) is 9.15. The first-order valence-corrected chi connectivity index (χ1v) is 6.18. The maximum atomic E-state index is 10.8. The molecule has 0 fully saturated rings. The number of methoxy groups -OCH3 is 1. The third-order valence-corrected chi connectivity index (χ3v) is 2.56. The molecule has 0 unspecified atom stereocenters. The van der Waals surface area contributed by atoms with Crippen LogP contribution in [0.1, 0.15) is 22.3 Å². The standard InChI is InChI=1S/C14H20O5/c1-11-10-12(4-5-13(11)14(15)16)19-9-8-18-7-3-6-17-2/h4-5,10H,3,6-9H2,1-2H3,(H,15,16). The fraction of sp³-hybridized carbons (Fsp3) is 0.500. The van der Waals surface area contributed by atoms with Crippen LogP contribution in [-0.2, 0) is 9.47 Å². The molecule has 0 bridgehead atoms. The molecule has 0 saturated carbocycles. The second-order valence-corrected chi connectivity index (χ2v) is 4.09. The van der Waals surface area contributed by atoms with Gasteiger partial charge in [-0.15, -0.1) is 0 Å². The van der Waals surface area contributed by atoms with Gasteiger partial charge in [-0.3, -0.25) is 0 Å². The number of carboxylic acids is 1. The van der Waals surface area contributed by atoms with E-state index in [0.29, 0.717) is 43.3 Å². The van der Waals surface area contributed by atoms with Crippen LogP contribution in [0.25, 0.3) is 0 Å². The zero-order valence-electron chi connectivity index (χ0n) is 11.3. The number of aromatic carboxylic acids is 1. The lowest BCUT2D eigenvalue weighted by molar-refractivity contribution is 0.0695. The maximum Gasteiger partial charge on any atom is 0.335 e. The summed E-state index contributed by atoms with van der Waals surface area (Å²) in [5.41, 5.74) is 0.981. The van der Waals surface area contributed by atoms with E-state index in [-0.39, 0.29) is 0 Å². The van der Waals surface area contributed by atoms with E-state index >= 15 is 0 Å². The van der Waals surface area contributed by atoms with Crippen LogP contribution in [0.5, 0.6) is 5.75 Å². The molecule has 5 nitrogen and oxygen atoms in total. The van der Waals surface area contributed by atoms with E-state index in [1.54, 1.807) is 32.2 Å². The summed E-state index contributed by atoms with van der Waals surface area (Å²) in [6, 6.07) is 4.92. The van der Waals surface area contributed by atoms with Gasteiger partial charge in [-0.25, -0.2) is 4.79 Å². The summed E-state index contributed by atoms with van der Waals surface area (Å²) in [6.45, 7) is 4.03. The smallest absolute Gasteiger partial charge is 0.335 e. The van der Waals surface area contributed by atoms with Gasteiger partial charge in [0, 0.05) is 20.3 Å². The van der Waals surface area contributed by atoms with Crippen molar-refractivity contribution in [1.29, 1.82) is 0 Å². The van der Waals surface area contributed by atoms with E-state index in [2.05, 4.69) is 0 Å². The number of hydrogen-bond acceptors (Lipinski definition) is 4. The second-order valence-electron chi connectivity index (χ2n) is 4.09. The molecule has 1 N–H and O–H groups in total. The van der Waals surface area contributed by atoms with Crippen molar-refractivity contribution in [2.45, 2.75) is 13.3 Å². The van der Waals surface area contributed by atoms with Crippen molar-refractivity contribution in [2.75, 3.05) is 33.5 Å². The van der Waals surface area contributed by atoms with Gasteiger partial charge in [0.25, 0.3) is 0 Å². The molecular weight excluding hydrogens is 248 g/mol. The number of benzene rings is 1. The molecule has 0 aliphatic rings. The zero-order valence-corrected chi connectivity index (χ0v) is 11.3. The molecular formula is C14H20O5. The number of rotatable bonds is 9. The van der Waals surface area contributed by atoms with E-state index < -0.39 is 5.97 Å². The molecule has 1 aromatic rings. The lowest BCUT2D eigenvalue weighted by atomic mass is 10.1. The minimum absolute atomic E-state index is 0.295. The van der Waals surface area contributed by atoms with Crippen LogP contribution >= 0.6 is 0 Å². The Balaban J connectivity index is 2.26. The van der Waals surface area contributed by atoms with Gasteiger partial charge in [0.1, 0.15) is 12.4 Å². The van der Waals surface area contributed by atoms with Gasteiger partial charge in [0.05, 0.1) is 12.2 Å². The van der Waals surface area contributed by atoms with Crippen molar-refractivity contribution in [3.8, 4) is 5.75 Å². The summed E-state index contributed by atoms with van der Waals surface area (Å²) in [4.78, 5) is 10.8. The summed E-state index contributed by atoms with van der Waals surface area (Å²) < 4.78 is 15.7. The monoisotopic (exact) mass is 268 g/mol. The molecule has 0 heterocycles. The number of aryl methyl sites for hydroxylation is 1. The summed E-state index contributed by atoms with van der Waals surface area (Å²) in [7, 11) is 1.66. The molecule has 1 aromatic carbocycles. The van der Waals surface area contributed by atoms with Crippen LogP contribution in [0.2, 0.25) is 0 Å². The van der Waals surface area contributed by atoms with Crippen LogP contribution < -0.4 is 4.74 Å². The molecule has 0 radical (unpaired) electrons. The van der Waals surface area contributed by atoms with E-state index in [4.69, 9.17) is 19.3 Å². The molecule has 1 rings (SSSR count). The lowest BCUT2D eigenvalue weighted by Crippen LogP contribution is -2.09. The highest BCUT2D eigenvalue weighted by atomic mass is 16.5. The summed E-state index contributed by atoms with van der Waals surface area (Å²) in [6.07, 6.45) is 0.864. The Bertz CT molecular complexity index is 403. The SMILES string of the molecule is COCCCOCCOc1ccc(C(=O)O)c(C)c1. The average molecular weight is 268 g/mol. The maximum absolute atomic E-state index is 10.8. The third-order valence-electron chi connectivity index (χ3n) is 2.56. The molecule has 0 aromatic heterocycles. The van der Waals surface area contributed by atoms with E-state index in [1.165, 1.54) is 0 Å². The predicted molar refractivity (Wildman–Crippen MR) is 70.9 cm³/mol. The van der Waals surface area contributed by atoms with Gasteiger partial charge in [-0.05, 0) is 37.1 Å². The first-order valence-electron chi connectivity index (χ1n) is 6.18. The van der Waals surface area contributed by atoms with Crippen molar-refractivity contribution in [2.24, 2.45) is 0 Å². The first kappa shape index (κ1) is 15.5. The fourth-order valence-electron chi connectivity index (χ4n) is 1.59. The van der Waals surface area contributed by atoms with Gasteiger partial charge in [0.15, 0.2) is 0 Å². The van der Waals surface area contributed by atoms with Gasteiger partial charge in [-0.2, -0.15) is 0 Å². The second kappa shape index (κ2) is 8.50. The van der Waals surface area contributed by atoms with Crippen molar-refractivity contribution >= 4 is 5.97 Å². The molecule has 0 spiro atoms. The zero-order chi connectivity index (χ0) is 14.1. The molecule has 0 aliphatic carbocycles. The van der Waals surface area contributed by atoms with Gasteiger partial charge in [0.2, 0.25) is 0 Å². The fourth-order valence-corrected chi connectivity index (χ4v) is 1.59. The van der Waals surface area contributed by atoms with E-state index in [9.17, 15) is 4.79 Å². The highest BCUT2D eigenvalue weighted by Crippen LogP contribution is 2.17. The highest BCUT2D eigenvalue weighted by Gasteiger charge is 2.07. The Hall–Kier alpha value is -1.59. The van der Waals surface area contributed by atoms with E-state index in [0.717, 1.165) is 6.42 Å². The number of carboxylic acid groups (broad SMARTS) is 1. The van der Waals surface area contributed by atoms with Crippen LogP contribution in [0, 0.1) is 6.92 Å². The minimum atomic E-state index is -0.925. The predicted octanol–water partition coefficient (Wildman–Crippen LogP) is 2.13. The largest absolute Gasteiger partial charge is 0.491 e. The summed E-state index contributed by atoms with van der Waals surface area (Å²) >= 11 is 0. The lowest BCUT2D eigenvalue weighted by Gasteiger charge is -2.09. The Kier molecular flexibility index (Phi) is 6.92. The minimum Gasteiger partial charge on any atom is -0.491 e. The summed E-state index contributed by atoms with van der Waals surface area (Å²) in [5.74, 6) is -0.270. The highest BCUT2D eigenvalue weighted by molar-refractivity contribution is 5.89. The van der Waals surface area contributed by atoms with Crippen molar-refractivity contribution in [3.05, 3.63) is 29.3 Å². The molecule has 106 valence electrons. The number of hydrogen-bond donors (Lipinski definition) is 1. The Morgan fingerprint density at radius 2 is 2.00 bits per heavy atom. The van der Waals surface area contributed by atoms with Crippen molar-refractivity contribution in [1.82, 2.24) is 0 Å². The normalized spacial score (nSPS) is 10.4. The Labute approximate surface area is 113 Å². The Morgan fingerprint density at radius 3 is 2.63 bits per heavy atom. The quantitative estimate of drug-likeness (QED) is 0.695. The topological polar surface area (TPSA) is 65.0 Å². The Morgan fingerprint density at radius 1 is 1.21 bits per heavy atom. The van der Waals surface area contributed by atoms with Crippen molar-refractivity contribution in [3.63, 3.8) is 0 Å². The van der Waals surface area contributed by atoms with Crippen LogP contribution in [0.15, 0.2) is 18.2 Å².